The zero-order valence-corrected chi connectivity index (χ0v) is 10.6. The van der Waals surface area contributed by atoms with Gasteiger partial charge in [0, 0.05) is 33.2 Å². The van der Waals surface area contributed by atoms with Gasteiger partial charge in [-0.15, -0.1) is 5.10 Å². The smallest absolute Gasteiger partial charge is 0.330 e. The molecule has 1 aromatic rings. The predicted octanol–water partition coefficient (Wildman–Crippen LogP) is -0.828. The fourth-order valence-corrected chi connectivity index (χ4v) is 1.92. The van der Waals surface area contributed by atoms with Gasteiger partial charge in [0.05, 0.1) is 11.5 Å². The third-order valence-electron chi connectivity index (χ3n) is 2.88. The summed E-state index contributed by atoms with van der Waals surface area (Å²) < 4.78 is 1.34. The van der Waals surface area contributed by atoms with Crippen molar-refractivity contribution in [1.29, 1.82) is 0 Å². The van der Waals surface area contributed by atoms with Crippen LogP contribution in [0.15, 0.2) is 6.20 Å². The van der Waals surface area contributed by atoms with Crippen molar-refractivity contribution in [1.82, 2.24) is 20.0 Å². The fraction of sp³-hybridized carbons (Fsp3) is 0.600. The Balaban J connectivity index is 1.94. The van der Waals surface area contributed by atoms with Crippen LogP contribution in [-0.2, 0) is 11.8 Å². The minimum absolute atomic E-state index is 0.0118. The number of rotatable bonds is 4. The quantitative estimate of drug-likeness (QED) is 0.545. The largest absolute Gasteiger partial charge is 0.354 e. The Labute approximate surface area is 109 Å². The first-order chi connectivity index (χ1) is 9.08. The lowest BCUT2D eigenvalue weighted by Crippen LogP contribution is -2.48. The van der Waals surface area contributed by atoms with Gasteiger partial charge < -0.3 is 15.5 Å². The number of piperazine rings is 1. The van der Waals surface area contributed by atoms with E-state index in [1.807, 2.05) is 0 Å². The average molecular weight is 268 g/mol. The second-order valence-electron chi connectivity index (χ2n) is 4.28. The molecular weight excluding hydrogens is 252 g/mol. The van der Waals surface area contributed by atoms with Gasteiger partial charge in [-0.05, 0) is 0 Å². The summed E-state index contributed by atoms with van der Waals surface area (Å²) >= 11 is 0. The molecule has 0 bridgehead atoms. The number of carbonyl (C=O) groups excluding carboxylic acids is 1. The van der Waals surface area contributed by atoms with E-state index >= 15 is 0 Å². The van der Waals surface area contributed by atoms with Crippen LogP contribution in [0.1, 0.15) is 0 Å². The number of aryl methyl sites for hydroxylation is 1. The highest BCUT2D eigenvalue weighted by Gasteiger charge is 2.21. The van der Waals surface area contributed by atoms with Crippen molar-refractivity contribution in [2.24, 2.45) is 7.05 Å². The van der Waals surface area contributed by atoms with E-state index in [0.29, 0.717) is 13.1 Å². The van der Waals surface area contributed by atoms with Gasteiger partial charge in [0.2, 0.25) is 11.7 Å². The molecule has 2 heterocycles. The standard InChI is InChI=1S/C10H16N6O3/c1-14-7-8(16(18)19)10(13-14)12-6-9(17)15-4-2-11-3-5-15/h7,11H,2-6H2,1H3,(H,12,13). The minimum atomic E-state index is -0.523. The topological polar surface area (TPSA) is 105 Å². The molecule has 19 heavy (non-hydrogen) atoms. The first kappa shape index (κ1) is 13.3. The molecule has 2 N–H and O–H groups in total. The van der Waals surface area contributed by atoms with Crippen LogP contribution in [0, 0.1) is 10.1 Å². The summed E-state index contributed by atoms with van der Waals surface area (Å²) in [5.74, 6) is 0.0393. The molecule has 0 radical (unpaired) electrons. The molecule has 2 rings (SSSR count). The summed E-state index contributed by atoms with van der Waals surface area (Å²) in [6, 6.07) is 0. The molecule has 1 saturated heterocycles. The highest BCUT2D eigenvalue weighted by molar-refractivity contribution is 5.81. The highest BCUT2D eigenvalue weighted by atomic mass is 16.6. The molecule has 1 amide bonds. The van der Waals surface area contributed by atoms with Crippen molar-refractivity contribution in [3.05, 3.63) is 16.3 Å². The van der Waals surface area contributed by atoms with Crippen LogP contribution in [0.25, 0.3) is 0 Å². The van der Waals surface area contributed by atoms with E-state index in [4.69, 9.17) is 0 Å². The van der Waals surface area contributed by atoms with Gasteiger partial charge in [0.25, 0.3) is 0 Å². The van der Waals surface area contributed by atoms with Crippen LogP contribution < -0.4 is 10.6 Å². The molecular formula is C10H16N6O3. The average Bonchev–Trinajstić information content (AvgIpc) is 2.78. The molecule has 1 aromatic heterocycles. The van der Waals surface area contributed by atoms with Crippen LogP contribution in [0.5, 0.6) is 0 Å². The van der Waals surface area contributed by atoms with Crippen LogP contribution in [0.3, 0.4) is 0 Å². The summed E-state index contributed by atoms with van der Waals surface area (Å²) in [7, 11) is 1.59. The lowest BCUT2D eigenvalue weighted by Gasteiger charge is -2.27. The number of hydrogen-bond donors (Lipinski definition) is 2. The molecule has 9 nitrogen and oxygen atoms in total. The van der Waals surface area contributed by atoms with Crippen LogP contribution in [0.2, 0.25) is 0 Å². The Morgan fingerprint density at radius 2 is 2.26 bits per heavy atom. The lowest BCUT2D eigenvalue weighted by atomic mass is 10.3. The van der Waals surface area contributed by atoms with Crippen molar-refractivity contribution < 1.29 is 9.72 Å². The van der Waals surface area contributed by atoms with E-state index in [0.717, 1.165) is 13.1 Å². The summed E-state index contributed by atoms with van der Waals surface area (Å²) in [5.41, 5.74) is -0.129. The van der Waals surface area contributed by atoms with E-state index in [9.17, 15) is 14.9 Å². The molecule has 0 unspecified atom stereocenters. The highest BCUT2D eigenvalue weighted by Crippen LogP contribution is 2.20. The maximum absolute atomic E-state index is 11.9. The Morgan fingerprint density at radius 1 is 1.58 bits per heavy atom. The van der Waals surface area contributed by atoms with Crippen molar-refractivity contribution >= 4 is 17.4 Å². The van der Waals surface area contributed by atoms with Crippen molar-refractivity contribution in [3.63, 3.8) is 0 Å². The van der Waals surface area contributed by atoms with E-state index < -0.39 is 4.92 Å². The molecule has 0 aliphatic carbocycles. The molecule has 9 heteroatoms. The van der Waals surface area contributed by atoms with Gasteiger partial charge in [-0.3, -0.25) is 19.6 Å². The minimum Gasteiger partial charge on any atom is -0.354 e. The van der Waals surface area contributed by atoms with Gasteiger partial charge in [-0.25, -0.2) is 0 Å². The van der Waals surface area contributed by atoms with Gasteiger partial charge >= 0.3 is 5.69 Å². The maximum atomic E-state index is 11.9. The Morgan fingerprint density at radius 3 is 2.89 bits per heavy atom. The van der Waals surface area contributed by atoms with Crippen molar-refractivity contribution in [3.8, 4) is 0 Å². The second-order valence-corrected chi connectivity index (χ2v) is 4.28. The number of amides is 1. The van der Waals surface area contributed by atoms with E-state index in [-0.39, 0.29) is 24.0 Å². The fourth-order valence-electron chi connectivity index (χ4n) is 1.92. The summed E-state index contributed by atoms with van der Waals surface area (Å²) in [5, 5.41) is 20.6. The number of nitro groups is 1. The number of nitrogens with zero attached hydrogens (tertiary/aromatic N) is 4. The van der Waals surface area contributed by atoms with Gasteiger partial charge in [0.1, 0.15) is 6.20 Å². The first-order valence-corrected chi connectivity index (χ1v) is 5.98. The molecule has 0 atom stereocenters. The zero-order chi connectivity index (χ0) is 13.8. The molecule has 0 aromatic carbocycles. The van der Waals surface area contributed by atoms with Crippen LogP contribution in [-0.4, -0.2) is 58.2 Å². The van der Waals surface area contributed by atoms with Crippen LogP contribution in [0.4, 0.5) is 11.5 Å². The maximum Gasteiger partial charge on any atom is 0.330 e. The van der Waals surface area contributed by atoms with E-state index in [1.54, 1.807) is 11.9 Å². The van der Waals surface area contributed by atoms with Crippen molar-refractivity contribution in [2.45, 2.75) is 0 Å². The van der Waals surface area contributed by atoms with Gasteiger partial charge in [0.15, 0.2) is 0 Å². The van der Waals surface area contributed by atoms with E-state index in [1.165, 1.54) is 10.9 Å². The summed E-state index contributed by atoms with van der Waals surface area (Å²) in [6.45, 7) is 2.87. The summed E-state index contributed by atoms with van der Waals surface area (Å²) in [4.78, 5) is 23.9. The molecule has 1 fully saturated rings. The molecule has 104 valence electrons. The van der Waals surface area contributed by atoms with E-state index in [2.05, 4.69) is 15.7 Å². The lowest BCUT2D eigenvalue weighted by molar-refractivity contribution is -0.384. The molecule has 1 aliphatic rings. The Hall–Kier alpha value is -2.16. The number of hydrogen-bond acceptors (Lipinski definition) is 6. The monoisotopic (exact) mass is 268 g/mol. The third-order valence-corrected chi connectivity index (χ3v) is 2.88. The molecule has 0 saturated carbocycles. The second kappa shape index (κ2) is 5.65. The number of anilines is 1. The molecule has 0 spiro atoms. The summed E-state index contributed by atoms with van der Waals surface area (Å²) in [6.07, 6.45) is 1.30. The number of carbonyl (C=O) groups is 1. The number of nitrogens with one attached hydrogen (secondary N) is 2. The number of aromatic nitrogens is 2. The first-order valence-electron chi connectivity index (χ1n) is 5.98. The normalized spacial score (nSPS) is 15.3. The Bertz CT molecular complexity index is 480. The SMILES string of the molecule is Cn1cc([N+](=O)[O-])c(NCC(=O)N2CCNCC2)n1. The zero-order valence-electron chi connectivity index (χ0n) is 10.6. The Kier molecular flexibility index (Phi) is 3.95. The van der Waals surface area contributed by atoms with Gasteiger partial charge in [-0.2, -0.15) is 0 Å². The van der Waals surface area contributed by atoms with Gasteiger partial charge in [-0.1, -0.05) is 0 Å². The van der Waals surface area contributed by atoms with Crippen LogP contribution >= 0.6 is 0 Å². The van der Waals surface area contributed by atoms with Crippen molar-refractivity contribution in [2.75, 3.05) is 38.0 Å². The third kappa shape index (κ3) is 3.19. The predicted molar refractivity (Wildman–Crippen MR) is 67.8 cm³/mol. The molecule has 1 aliphatic heterocycles.